The summed E-state index contributed by atoms with van der Waals surface area (Å²) >= 11 is 9.92. The largest absolute Gasteiger partial charge is 0.490 e. The van der Waals surface area contributed by atoms with E-state index in [2.05, 4.69) is 63.6 Å². The maximum absolute atomic E-state index is 12.6. The number of benzene rings is 2. The Labute approximate surface area is 246 Å². The van der Waals surface area contributed by atoms with Crippen LogP contribution in [0.2, 0.25) is 5.02 Å². The van der Waals surface area contributed by atoms with Crippen molar-refractivity contribution in [2.45, 2.75) is 27.4 Å². The van der Waals surface area contributed by atoms with Crippen molar-refractivity contribution in [2.24, 2.45) is 5.10 Å². The summed E-state index contributed by atoms with van der Waals surface area (Å²) in [5.74, 6) is 1.62. The van der Waals surface area contributed by atoms with Crippen LogP contribution in [0.25, 0.3) is 5.69 Å². The molecule has 4 aromatic rings. The average molecular weight is 627 g/mol. The fourth-order valence-corrected chi connectivity index (χ4v) is 4.61. The number of aryl methyl sites for hydroxylation is 2. The number of halogens is 2. The Balaban J connectivity index is 1.35. The number of rotatable bonds is 12. The molecule has 40 heavy (non-hydrogen) atoms. The van der Waals surface area contributed by atoms with Crippen LogP contribution in [0.3, 0.4) is 0 Å². The Hall–Kier alpha value is -3.95. The van der Waals surface area contributed by atoms with E-state index in [1.807, 2.05) is 31.2 Å². The molecule has 0 atom stereocenters. The van der Waals surface area contributed by atoms with Gasteiger partial charge in [0.05, 0.1) is 12.8 Å². The van der Waals surface area contributed by atoms with Gasteiger partial charge in [-0.05, 0) is 91.3 Å². The minimum absolute atomic E-state index is 0.102. The van der Waals surface area contributed by atoms with Crippen LogP contribution >= 0.6 is 27.5 Å². The Morgan fingerprint density at radius 1 is 1.10 bits per heavy atom. The first-order valence-electron chi connectivity index (χ1n) is 12.5. The Morgan fingerprint density at radius 3 is 2.50 bits per heavy atom. The lowest BCUT2D eigenvalue weighted by atomic mass is 10.2. The summed E-state index contributed by atoms with van der Waals surface area (Å²) in [6.07, 6.45) is 3.06. The van der Waals surface area contributed by atoms with Gasteiger partial charge in [-0.15, -0.1) is 0 Å². The third kappa shape index (κ3) is 6.78. The molecule has 0 bridgehead atoms. The molecular formula is C30H29BrClN3O5. The lowest BCUT2D eigenvalue weighted by Gasteiger charge is -2.15. The third-order valence-corrected chi connectivity index (χ3v) is 7.25. The minimum atomic E-state index is -0.512. The SMILES string of the molecule is C=CCOc1c(OCC)cc(/C=N/NC(=O)c2ccc(COc3ccc(-n4c(C)ccc4C)cc3)o2)c(Br)c1Cl. The zero-order valence-electron chi connectivity index (χ0n) is 22.4. The number of nitrogens with zero attached hydrogens (tertiary/aromatic N) is 2. The predicted molar refractivity (Wildman–Crippen MR) is 159 cm³/mol. The number of hydrazone groups is 1. The quantitative estimate of drug-likeness (QED) is 0.101. The minimum Gasteiger partial charge on any atom is -0.490 e. The van der Waals surface area contributed by atoms with Crippen LogP contribution in [0.1, 0.15) is 40.2 Å². The molecule has 0 fully saturated rings. The smallest absolute Gasteiger partial charge is 0.307 e. The molecule has 0 aliphatic carbocycles. The van der Waals surface area contributed by atoms with Gasteiger partial charge in [0, 0.05) is 27.1 Å². The maximum atomic E-state index is 12.6. The molecule has 2 aromatic heterocycles. The standard InChI is InChI=1S/C30H29BrClN3O5/c1-5-15-38-29-26(37-6-2)16-21(27(31)28(29)32)17-33-34-30(36)25-14-13-24(40-25)18-39-23-11-9-22(10-12-23)35-19(3)7-8-20(35)4/h5,7-14,16-17H,1,6,15,18H2,2-4H3,(H,34,36)/b33-17+. The number of aromatic nitrogens is 1. The van der Waals surface area contributed by atoms with Gasteiger partial charge in [0.15, 0.2) is 17.3 Å². The van der Waals surface area contributed by atoms with Crippen molar-refractivity contribution in [3.8, 4) is 22.9 Å². The van der Waals surface area contributed by atoms with E-state index >= 15 is 0 Å². The number of nitrogens with one attached hydrogen (secondary N) is 1. The summed E-state index contributed by atoms with van der Waals surface area (Å²) in [7, 11) is 0. The molecule has 0 aliphatic rings. The van der Waals surface area contributed by atoms with E-state index in [0.717, 1.165) is 17.1 Å². The summed E-state index contributed by atoms with van der Waals surface area (Å²) in [5, 5.41) is 4.36. The highest BCUT2D eigenvalue weighted by molar-refractivity contribution is 9.10. The van der Waals surface area contributed by atoms with Crippen molar-refractivity contribution in [1.29, 1.82) is 0 Å². The zero-order valence-corrected chi connectivity index (χ0v) is 24.7. The number of amides is 1. The van der Waals surface area contributed by atoms with E-state index in [0.29, 0.717) is 44.7 Å². The van der Waals surface area contributed by atoms with Crippen LogP contribution in [0.4, 0.5) is 0 Å². The highest BCUT2D eigenvalue weighted by atomic mass is 79.9. The lowest BCUT2D eigenvalue weighted by Crippen LogP contribution is -2.16. The number of carbonyl (C=O) groups is 1. The highest BCUT2D eigenvalue weighted by Crippen LogP contribution is 2.42. The van der Waals surface area contributed by atoms with E-state index < -0.39 is 5.91 Å². The molecule has 2 aromatic carbocycles. The van der Waals surface area contributed by atoms with E-state index in [-0.39, 0.29) is 19.0 Å². The number of hydrogen-bond donors (Lipinski definition) is 1. The van der Waals surface area contributed by atoms with Crippen LogP contribution in [0.15, 0.2) is 81.2 Å². The van der Waals surface area contributed by atoms with E-state index in [4.69, 9.17) is 30.2 Å². The number of furan rings is 1. The second-order valence-corrected chi connectivity index (χ2v) is 9.82. The first kappa shape index (κ1) is 29.0. The van der Waals surface area contributed by atoms with Gasteiger partial charge >= 0.3 is 5.91 Å². The fourth-order valence-electron chi connectivity index (χ4n) is 3.95. The summed E-state index contributed by atoms with van der Waals surface area (Å²) in [6, 6.07) is 16.9. The zero-order chi connectivity index (χ0) is 28.6. The Kier molecular flexibility index (Phi) is 9.74. The molecular weight excluding hydrogens is 598 g/mol. The van der Waals surface area contributed by atoms with Gasteiger partial charge in [-0.25, -0.2) is 5.43 Å². The van der Waals surface area contributed by atoms with Crippen molar-refractivity contribution in [1.82, 2.24) is 9.99 Å². The molecule has 0 spiro atoms. The lowest BCUT2D eigenvalue weighted by molar-refractivity contribution is 0.0923. The predicted octanol–water partition coefficient (Wildman–Crippen LogP) is 7.41. The summed E-state index contributed by atoms with van der Waals surface area (Å²) < 4.78 is 25.5. The first-order chi connectivity index (χ1) is 19.3. The molecule has 0 saturated heterocycles. The summed E-state index contributed by atoms with van der Waals surface area (Å²) in [5.41, 5.74) is 6.42. The normalized spacial score (nSPS) is 11.0. The molecule has 8 nitrogen and oxygen atoms in total. The van der Waals surface area contributed by atoms with Crippen LogP contribution in [0, 0.1) is 13.8 Å². The van der Waals surface area contributed by atoms with Crippen molar-refractivity contribution in [3.63, 3.8) is 0 Å². The monoisotopic (exact) mass is 625 g/mol. The molecule has 10 heteroatoms. The van der Waals surface area contributed by atoms with Gasteiger partial charge in [-0.2, -0.15) is 5.10 Å². The molecule has 1 N–H and O–H groups in total. The van der Waals surface area contributed by atoms with E-state index in [1.54, 1.807) is 24.3 Å². The van der Waals surface area contributed by atoms with Gasteiger partial charge in [0.1, 0.15) is 29.7 Å². The number of hydrogen-bond acceptors (Lipinski definition) is 6. The topological polar surface area (TPSA) is 87.2 Å². The van der Waals surface area contributed by atoms with Crippen molar-refractivity contribution >= 4 is 39.7 Å². The van der Waals surface area contributed by atoms with E-state index in [9.17, 15) is 4.79 Å². The van der Waals surface area contributed by atoms with Gasteiger partial charge in [-0.3, -0.25) is 4.79 Å². The fraction of sp³-hybridized carbons (Fsp3) is 0.200. The van der Waals surface area contributed by atoms with E-state index in [1.165, 1.54) is 6.21 Å². The van der Waals surface area contributed by atoms with Gasteiger partial charge in [0.25, 0.3) is 0 Å². The average Bonchev–Trinajstić information content (AvgIpc) is 3.56. The van der Waals surface area contributed by atoms with Crippen LogP contribution in [-0.2, 0) is 6.61 Å². The maximum Gasteiger partial charge on any atom is 0.307 e. The van der Waals surface area contributed by atoms with Crippen molar-refractivity contribution in [2.75, 3.05) is 13.2 Å². The van der Waals surface area contributed by atoms with Crippen LogP contribution in [-0.4, -0.2) is 29.9 Å². The molecule has 0 saturated carbocycles. The summed E-state index contributed by atoms with van der Waals surface area (Å²) in [4.78, 5) is 12.6. The molecule has 0 aliphatic heterocycles. The van der Waals surface area contributed by atoms with Gasteiger partial charge in [-0.1, -0.05) is 24.3 Å². The second kappa shape index (κ2) is 13.4. The molecule has 0 unspecified atom stereocenters. The van der Waals surface area contributed by atoms with Crippen molar-refractivity contribution in [3.05, 3.63) is 105 Å². The highest BCUT2D eigenvalue weighted by Gasteiger charge is 2.17. The molecule has 2 heterocycles. The second-order valence-electron chi connectivity index (χ2n) is 8.65. The van der Waals surface area contributed by atoms with Crippen LogP contribution in [0.5, 0.6) is 17.2 Å². The number of carbonyl (C=O) groups excluding carboxylic acids is 1. The Bertz CT molecular complexity index is 1510. The first-order valence-corrected chi connectivity index (χ1v) is 13.7. The van der Waals surface area contributed by atoms with Crippen LogP contribution < -0.4 is 19.6 Å². The molecule has 0 radical (unpaired) electrons. The van der Waals surface area contributed by atoms with Gasteiger partial charge in [0.2, 0.25) is 0 Å². The third-order valence-electron chi connectivity index (χ3n) is 5.80. The number of ether oxygens (including phenoxy) is 3. The van der Waals surface area contributed by atoms with Crippen molar-refractivity contribution < 1.29 is 23.4 Å². The Morgan fingerprint density at radius 2 is 1.82 bits per heavy atom. The van der Waals surface area contributed by atoms with Gasteiger partial charge < -0.3 is 23.2 Å². The molecule has 1 amide bonds. The molecule has 4 rings (SSSR count). The molecule has 208 valence electrons. The summed E-state index contributed by atoms with van der Waals surface area (Å²) in [6.45, 7) is 10.5.